The van der Waals surface area contributed by atoms with Gasteiger partial charge in [-0.1, -0.05) is 42.2 Å². The molecule has 27 heavy (non-hydrogen) atoms. The molecule has 0 unspecified atom stereocenters. The lowest BCUT2D eigenvalue weighted by molar-refractivity contribution is -0.385. The fraction of sp³-hybridized carbons (Fsp3) is 0.158. The predicted molar refractivity (Wildman–Crippen MR) is 96.3 cm³/mol. The number of benzene rings is 2. The van der Waals surface area contributed by atoms with Gasteiger partial charge in [0.1, 0.15) is 6.61 Å². The van der Waals surface area contributed by atoms with Gasteiger partial charge in [-0.3, -0.25) is 10.1 Å². The third kappa shape index (κ3) is 5.57. The fourth-order valence-electron chi connectivity index (χ4n) is 2.22. The van der Waals surface area contributed by atoms with E-state index in [-0.39, 0.29) is 35.5 Å². The first kappa shape index (κ1) is 19.5. The Morgan fingerprint density at radius 3 is 2.59 bits per heavy atom. The van der Waals surface area contributed by atoms with Crippen molar-refractivity contribution in [3.8, 4) is 11.8 Å². The van der Waals surface area contributed by atoms with E-state index in [2.05, 4.69) is 17.2 Å². The fourth-order valence-corrected chi connectivity index (χ4v) is 2.22. The van der Waals surface area contributed by atoms with E-state index in [4.69, 9.17) is 9.84 Å². The Morgan fingerprint density at radius 2 is 1.96 bits per heavy atom. The van der Waals surface area contributed by atoms with E-state index >= 15 is 0 Å². The minimum absolute atomic E-state index is 0.0562. The lowest BCUT2D eigenvalue weighted by Crippen LogP contribution is -2.24. The van der Waals surface area contributed by atoms with Gasteiger partial charge in [-0.15, -0.1) is 0 Å². The molecule has 2 rings (SSSR count). The zero-order valence-electron chi connectivity index (χ0n) is 14.4. The standard InChI is InChI=1S/C19H16N2O6/c1-13-16(18(22)23)10-15(11-17(13)21(25)26)8-5-9-20-19(24)27-12-14-6-3-2-4-7-14/h2-4,6-7,10-11H,9,12H2,1H3,(H,20,24)(H,22,23). The number of nitro benzene ring substituents is 1. The molecule has 2 aromatic rings. The van der Waals surface area contributed by atoms with Gasteiger partial charge in [0, 0.05) is 17.2 Å². The number of ether oxygens (including phenoxy) is 1. The average Bonchev–Trinajstić information content (AvgIpc) is 2.64. The molecular formula is C19H16N2O6. The highest BCUT2D eigenvalue weighted by Gasteiger charge is 2.19. The molecule has 0 heterocycles. The first-order valence-corrected chi connectivity index (χ1v) is 7.84. The number of hydrogen-bond acceptors (Lipinski definition) is 5. The monoisotopic (exact) mass is 368 g/mol. The predicted octanol–water partition coefficient (Wildman–Crippen LogP) is 2.88. The van der Waals surface area contributed by atoms with Gasteiger partial charge in [-0.25, -0.2) is 9.59 Å². The molecule has 0 radical (unpaired) electrons. The van der Waals surface area contributed by atoms with Crippen LogP contribution in [0.4, 0.5) is 10.5 Å². The quantitative estimate of drug-likeness (QED) is 0.476. The number of nitrogens with zero attached hydrogens (tertiary/aromatic N) is 1. The van der Waals surface area contributed by atoms with E-state index in [0.29, 0.717) is 0 Å². The molecule has 0 atom stereocenters. The zero-order chi connectivity index (χ0) is 19.8. The van der Waals surface area contributed by atoms with Crippen molar-refractivity contribution in [2.45, 2.75) is 13.5 Å². The van der Waals surface area contributed by atoms with E-state index in [1.54, 1.807) is 0 Å². The van der Waals surface area contributed by atoms with Crippen LogP contribution in [-0.2, 0) is 11.3 Å². The molecule has 0 aliphatic rings. The molecule has 0 bridgehead atoms. The Bertz CT molecular complexity index is 893. The molecule has 0 saturated heterocycles. The van der Waals surface area contributed by atoms with Crippen LogP contribution < -0.4 is 5.32 Å². The molecule has 0 fully saturated rings. The summed E-state index contributed by atoms with van der Waals surface area (Å²) in [7, 11) is 0. The molecule has 8 heteroatoms. The smallest absolute Gasteiger partial charge is 0.408 e. The van der Waals surface area contributed by atoms with Crippen molar-refractivity contribution in [2.24, 2.45) is 0 Å². The van der Waals surface area contributed by atoms with Crippen LogP contribution in [0.15, 0.2) is 42.5 Å². The summed E-state index contributed by atoms with van der Waals surface area (Å²) in [5.74, 6) is 3.93. The number of aromatic carboxylic acids is 1. The number of nitro groups is 1. The number of alkyl carbamates (subject to hydrolysis) is 1. The van der Waals surface area contributed by atoms with Crippen LogP contribution in [-0.4, -0.2) is 28.6 Å². The van der Waals surface area contributed by atoms with Crippen molar-refractivity contribution in [1.29, 1.82) is 0 Å². The maximum absolute atomic E-state index is 11.6. The minimum Gasteiger partial charge on any atom is -0.478 e. The van der Waals surface area contributed by atoms with Gasteiger partial charge in [0.2, 0.25) is 0 Å². The molecule has 0 aliphatic carbocycles. The molecule has 0 aliphatic heterocycles. The molecular weight excluding hydrogens is 352 g/mol. The number of amides is 1. The summed E-state index contributed by atoms with van der Waals surface area (Å²) in [4.78, 5) is 33.2. The SMILES string of the molecule is Cc1c(C(=O)O)cc(C#CCNC(=O)OCc2ccccc2)cc1[N+](=O)[O-]. The van der Waals surface area contributed by atoms with E-state index in [1.165, 1.54) is 19.1 Å². The van der Waals surface area contributed by atoms with Gasteiger partial charge >= 0.3 is 12.1 Å². The first-order chi connectivity index (χ1) is 12.9. The Labute approximate surface area is 154 Å². The van der Waals surface area contributed by atoms with Gasteiger partial charge in [-0.2, -0.15) is 0 Å². The second-order valence-electron chi connectivity index (χ2n) is 5.45. The lowest BCUT2D eigenvalue weighted by Gasteiger charge is -2.04. The van der Waals surface area contributed by atoms with Crippen LogP contribution in [0.5, 0.6) is 0 Å². The van der Waals surface area contributed by atoms with Crippen LogP contribution in [0, 0.1) is 28.9 Å². The first-order valence-electron chi connectivity index (χ1n) is 7.84. The summed E-state index contributed by atoms with van der Waals surface area (Å²) in [5.41, 5.74) is 0.551. The number of rotatable bonds is 5. The van der Waals surface area contributed by atoms with Gasteiger partial charge in [-0.05, 0) is 18.6 Å². The van der Waals surface area contributed by atoms with Crippen LogP contribution in [0.3, 0.4) is 0 Å². The van der Waals surface area contributed by atoms with Crippen molar-refractivity contribution < 1.29 is 24.4 Å². The number of carboxylic acids is 1. The highest BCUT2D eigenvalue weighted by molar-refractivity contribution is 5.91. The average molecular weight is 368 g/mol. The molecule has 2 aromatic carbocycles. The number of hydrogen-bond donors (Lipinski definition) is 2. The van der Waals surface area contributed by atoms with Crippen LogP contribution >= 0.6 is 0 Å². The molecule has 138 valence electrons. The Morgan fingerprint density at radius 1 is 1.26 bits per heavy atom. The topological polar surface area (TPSA) is 119 Å². The summed E-state index contributed by atoms with van der Waals surface area (Å²) in [6.45, 7) is 1.42. The third-order valence-corrected chi connectivity index (χ3v) is 3.57. The van der Waals surface area contributed by atoms with Crippen LogP contribution in [0.25, 0.3) is 0 Å². The van der Waals surface area contributed by atoms with Crippen molar-refractivity contribution in [3.63, 3.8) is 0 Å². The molecule has 1 amide bonds. The van der Waals surface area contributed by atoms with Crippen molar-refractivity contribution >= 4 is 17.7 Å². The Balaban J connectivity index is 1.98. The number of nitrogens with one attached hydrogen (secondary N) is 1. The van der Waals surface area contributed by atoms with Crippen LogP contribution in [0.2, 0.25) is 0 Å². The maximum Gasteiger partial charge on any atom is 0.408 e. The van der Waals surface area contributed by atoms with E-state index < -0.39 is 17.0 Å². The Kier molecular flexibility index (Phi) is 6.49. The minimum atomic E-state index is -1.28. The summed E-state index contributed by atoms with van der Waals surface area (Å²) >= 11 is 0. The van der Waals surface area contributed by atoms with Gasteiger partial charge in [0.25, 0.3) is 5.69 Å². The molecule has 0 aromatic heterocycles. The zero-order valence-corrected chi connectivity index (χ0v) is 14.4. The molecule has 0 saturated carbocycles. The van der Waals surface area contributed by atoms with E-state index in [1.807, 2.05) is 30.3 Å². The van der Waals surface area contributed by atoms with Gasteiger partial charge in [0.05, 0.1) is 17.0 Å². The van der Waals surface area contributed by atoms with Gasteiger partial charge < -0.3 is 15.2 Å². The summed E-state index contributed by atoms with van der Waals surface area (Å²) in [6.07, 6.45) is -0.658. The highest BCUT2D eigenvalue weighted by atomic mass is 16.6. The summed E-state index contributed by atoms with van der Waals surface area (Å²) < 4.78 is 5.01. The van der Waals surface area contributed by atoms with Crippen molar-refractivity contribution in [1.82, 2.24) is 5.32 Å². The maximum atomic E-state index is 11.6. The second kappa shape index (κ2) is 9.01. The van der Waals surface area contributed by atoms with E-state index in [0.717, 1.165) is 5.56 Å². The number of carboxylic acid groups (broad SMARTS) is 1. The normalized spacial score (nSPS) is 9.67. The largest absolute Gasteiger partial charge is 0.478 e. The van der Waals surface area contributed by atoms with Crippen LogP contribution in [0.1, 0.15) is 27.0 Å². The Hall–Kier alpha value is -3.86. The molecule has 2 N–H and O–H groups in total. The third-order valence-electron chi connectivity index (χ3n) is 3.57. The van der Waals surface area contributed by atoms with Gasteiger partial charge in [0.15, 0.2) is 0 Å². The highest BCUT2D eigenvalue weighted by Crippen LogP contribution is 2.23. The second-order valence-corrected chi connectivity index (χ2v) is 5.45. The number of carbonyl (C=O) groups excluding carboxylic acids is 1. The van der Waals surface area contributed by atoms with E-state index in [9.17, 15) is 19.7 Å². The molecule has 8 nitrogen and oxygen atoms in total. The van der Waals surface area contributed by atoms with Crippen molar-refractivity contribution in [3.05, 3.63) is 74.8 Å². The lowest BCUT2D eigenvalue weighted by atomic mass is 10.0. The van der Waals surface area contributed by atoms with Crippen molar-refractivity contribution in [2.75, 3.05) is 6.54 Å². The number of carbonyl (C=O) groups is 2. The summed E-state index contributed by atoms with van der Waals surface area (Å²) in [5, 5.41) is 22.6. The molecule has 0 spiro atoms. The summed E-state index contributed by atoms with van der Waals surface area (Å²) in [6, 6.07) is 11.6.